The number of pyridine rings is 2. The van der Waals surface area contributed by atoms with Gasteiger partial charge in [-0.05, 0) is 38.1 Å². The number of hydrogen-bond acceptors (Lipinski definition) is 4. The van der Waals surface area contributed by atoms with Gasteiger partial charge in [0.2, 0.25) is 0 Å². The molecule has 0 fully saturated rings. The molecule has 20 heavy (non-hydrogen) atoms. The van der Waals surface area contributed by atoms with Crippen molar-refractivity contribution in [3.05, 3.63) is 60.2 Å². The summed E-state index contributed by atoms with van der Waals surface area (Å²) in [4.78, 5) is 18.1. The van der Waals surface area contributed by atoms with Gasteiger partial charge in [0.25, 0.3) is 0 Å². The summed E-state index contributed by atoms with van der Waals surface area (Å²) in [7, 11) is 0. The predicted octanol–water partition coefficient (Wildman–Crippen LogP) is 3.22. The zero-order chi connectivity index (χ0) is 13.9. The van der Waals surface area contributed by atoms with Crippen molar-refractivity contribution < 1.29 is 0 Å². The van der Waals surface area contributed by atoms with Crippen molar-refractivity contribution in [3.8, 4) is 22.8 Å². The fourth-order valence-corrected chi connectivity index (χ4v) is 1.97. The fraction of sp³-hybridized carbons (Fsp3) is 0.125. The highest BCUT2D eigenvalue weighted by atomic mass is 14.9. The molecule has 0 radical (unpaired) electrons. The van der Waals surface area contributed by atoms with Crippen LogP contribution in [-0.2, 0) is 0 Å². The van der Waals surface area contributed by atoms with Gasteiger partial charge in [0.15, 0.2) is 0 Å². The summed E-state index contributed by atoms with van der Waals surface area (Å²) in [6.07, 6.45) is 3.52. The Hall–Kier alpha value is -2.62. The smallest absolute Gasteiger partial charge is 0.117 e. The first-order chi connectivity index (χ1) is 9.75. The van der Waals surface area contributed by atoms with Gasteiger partial charge in [0.05, 0.1) is 22.8 Å². The van der Waals surface area contributed by atoms with Crippen LogP contribution in [0, 0.1) is 13.8 Å². The highest BCUT2D eigenvalue weighted by Crippen LogP contribution is 2.26. The average Bonchev–Trinajstić information content (AvgIpc) is 2.51. The van der Waals surface area contributed by atoms with Crippen LogP contribution in [0.15, 0.2) is 48.8 Å². The predicted molar refractivity (Wildman–Crippen MR) is 78.0 cm³/mol. The standard InChI is InChI=1S/C16H14N4/c1-11-12(2)20-16(14-8-4-6-10-18-14)15(19-11)13-7-3-5-9-17-13/h3-10H,1-2H3. The molecule has 0 aliphatic rings. The summed E-state index contributed by atoms with van der Waals surface area (Å²) in [5, 5.41) is 0. The van der Waals surface area contributed by atoms with Crippen LogP contribution >= 0.6 is 0 Å². The number of aryl methyl sites for hydroxylation is 2. The van der Waals surface area contributed by atoms with Crippen molar-refractivity contribution in [3.63, 3.8) is 0 Å². The maximum Gasteiger partial charge on any atom is 0.117 e. The van der Waals surface area contributed by atoms with Gasteiger partial charge in [-0.15, -0.1) is 0 Å². The van der Waals surface area contributed by atoms with Crippen LogP contribution in [0.5, 0.6) is 0 Å². The number of rotatable bonds is 2. The van der Waals surface area contributed by atoms with Crippen LogP contribution < -0.4 is 0 Å². The molecule has 0 N–H and O–H groups in total. The lowest BCUT2D eigenvalue weighted by atomic mass is 10.1. The van der Waals surface area contributed by atoms with E-state index in [1.807, 2.05) is 50.2 Å². The second kappa shape index (κ2) is 5.17. The summed E-state index contributed by atoms with van der Waals surface area (Å²) >= 11 is 0. The maximum absolute atomic E-state index is 4.65. The molecule has 4 heteroatoms. The third kappa shape index (κ3) is 2.28. The highest BCUT2D eigenvalue weighted by molar-refractivity contribution is 5.74. The maximum atomic E-state index is 4.65. The van der Waals surface area contributed by atoms with Gasteiger partial charge in [-0.3, -0.25) is 9.97 Å². The second-order valence-electron chi connectivity index (χ2n) is 4.52. The first-order valence-corrected chi connectivity index (χ1v) is 6.44. The molecule has 0 unspecified atom stereocenters. The normalized spacial score (nSPS) is 10.5. The van der Waals surface area contributed by atoms with E-state index in [2.05, 4.69) is 19.9 Å². The zero-order valence-electron chi connectivity index (χ0n) is 11.4. The molecule has 3 heterocycles. The Morgan fingerprint density at radius 3 is 1.45 bits per heavy atom. The van der Waals surface area contributed by atoms with Crippen LogP contribution in [0.2, 0.25) is 0 Å². The quantitative estimate of drug-likeness (QED) is 0.711. The molecule has 0 saturated carbocycles. The van der Waals surface area contributed by atoms with Crippen molar-refractivity contribution in [1.82, 2.24) is 19.9 Å². The Kier molecular flexibility index (Phi) is 3.21. The minimum absolute atomic E-state index is 0.771. The van der Waals surface area contributed by atoms with Crippen LogP contribution in [-0.4, -0.2) is 19.9 Å². The van der Waals surface area contributed by atoms with Gasteiger partial charge in [0.1, 0.15) is 11.4 Å². The van der Waals surface area contributed by atoms with Gasteiger partial charge in [0, 0.05) is 12.4 Å². The van der Waals surface area contributed by atoms with E-state index >= 15 is 0 Å². The Morgan fingerprint density at radius 2 is 1.10 bits per heavy atom. The van der Waals surface area contributed by atoms with E-state index in [9.17, 15) is 0 Å². The molecule has 3 rings (SSSR count). The summed E-state index contributed by atoms with van der Waals surface area (Å²) in [5.74, 6) is 0. The van der Waals surface area contributed by atoms with Gasteiger partial charge in [-0.2, -0.15) is 0 Å². The van der Waals surface area contributed by atoms with E-state index in [1.165, 1.54) is 0 Å². The molecule has 0 aliphatic heterocycles. The first-order valence-electron chi connectivity index (χ1n) is 6.44. The van der Waals surface area contributed by atoms with Crippen LogP contribution in [0.4, 0.5) is 0 Å². The van der Waals surface area contributed by atoms with Crippen molar-refractivity contribution in [2.24, 2.45) is 0 Å². The summed E-state index contributed by atoms with van der Waals surface area (Å²) in [5.41, 5.74) is 4.97. The van der Waals surface area contributed by atoms with Gasteiger partial charge in [-0.25, -0.2) is 9.97 Å². The van der Waals surface area contributed by atoms with Crippen molar-refractivity contribution >= 4 is 0 Å². The van der Waals surface area contributed by atoms with Gasteiger partial charge in [-0.1, -0.05) is 12.1 Å². The summed E-state index contributed by atoms with van der Waals surface area (Å²) in [6, 6.07) is 11.5. The number of aromatic nitrogens is 4. The Balaban J connectivity index is 2.26. The van der Waals surface area contributed by atoms with Crippen LogP contribution in [0.25, 0.3) is 22.8 Å². The molecule has 4 nitrogen and oxygen atoms in total. The van der Waals surface area contributed by atoms with E-state index in [-0.39, 0.29) is 0 Å². The molecule has 0 bridgehead atoms. The van der Waals surface area contributed by atoms with E-state index in [1.54, 1.807) is 12.4 Å². The van der Waals surface area contributed by atoms with Crippen molar-refractivity contribution in [2.75, 3.05) is 0 Å². The van der Waals surface area contributed by atoms with Gasteiger partial charge < -0.3 is 0 Å². The average molecular weight is 262 g/mol. The molecule has 0 aromatic carbocycles. The topological polar surface area (TPSA) is 51.6 Å². The minimum Gasteiger partial charge on any atom is -0.255 e. The lowest BCUT2D eigenvalue weighted by Crippen LogP contribution is -2.01. The number of hydrogen-bond donors (Lipinski definition) is 0. The lowest BCUT2D eigenvalue weighted by molar-refractivity contribution is 1.04. The molecule has 0 atom stereocenters. The first kappa shape index (κ1) is 12.4. The number of nitrogens with zero attached hydrogens (tertiary/aromatic N) is 4. The molecule has 0 aliphatic carbocycles. The zero-order valence-corrected chi connectivity index (χ0v) is 11.4. The van der Waals surface area contributed by atoms with E-state index in [0.29, 0.717) is 0 Å². The highest BCUT2D eigenvalue weighted by Gasteiger charge is 2.14. The molecule has 0 amide bonds. The van der Waals surface area contributed by atoms with Crippen molar-refractivity contribution in [2.45, 2.75) is 13.8 Å². The molecule has 0 spiro atoms. The molecule has 0 saturated heterocycles. The van der Waals surface area contributed by atoms with E-state index in [4.69, 9.17) is 0 Å². The lowest BCUT2D eigenvalue weighted by Gasteiger charge is -2.10. The van der Waals surface area contributed by atoms with E-state index < -0.39 is 0 Å². The summed E-state index contributed by atoms with van der Waals surface area (Å²) in [6.45, 7) is 3.91. The SMILES string of the molecule is Cc1nc(-c2ccccn2)c(-c2ccccn2)nc1C. The Morgan fingerprint density at radius 1 is 0.650 bits per heavy atom. The Bertz CT molecular complexity index is 660. The van der Waals surface area contributed by atoms with Gasteiger partial charge >= 0.3 is 0 Å². The largest absolute Gasteiger partial charge is 0.255 e. The monoisotopic (exact) mass is 262 g/mol. The molecular formula is C16H14N4. The Labute approximate surface area is 117 Å². The van der Waals surface area contributed by atoms with E-state index in [0.717, 1.165) is 34.2 Å². The second-order valence-corrected chi connectivity index (χ2v) is 4.52. The molecule has 98 valence electrons. The molecule has 3 aromatic rings. The van der Waals surface area contributed by atoms with Crippen LogP contribution in [0.3, 0.4) is 0 Å². The van der Waals surface area contributed by atoms with Crippen LogP contribution in [0.1, 0.15) is 11.4 Å². The third-order valence-electron chi connectivity index (χ3n) is 3.12. The molecular weight excluding hydrogens is 248 g/mol. The third-order valence-corrected chi connectivity index (χ3v) is 3.12. The summed E-state index contributed by atoms with van der Waals surface area (Å²) < 4.78 is 0. The molecule has 3 aromatic heterocycles. The fourth-order valence-electron chi connectivity index (χ4n) is 1.97. The van der Waals surface area contributed by atoms with Crippen molar-refractivity contribution in [1.29, 1.82) is 0 Å². The minimum atomic E-state index is 0.771.